The quantitative estimate of drug-likeness (QED) is 0.761. The monoisotopic (exact) mass is 248 g/mol. The van der Waals surface area contributed by atoms with Crippen LogP contribution in [0.2, 0.25) is 0 Å². The molecule has 98 valence electrons. The van der Waals surface area contributed by atoms with Gasteiger partial charge in [0.05, 0.1) is 6.61 Å². The van der Waals surface area contributed by atoms with Crippen LogP contribution < -0.4 is 11.1 Å². The Labute approximate surface area is 107 Å². The van der Waals surface area contributed by atoms with Crippen LogP contribution in [0.25, 0.3) is 0 Å². The lowest BCUT2D eigenvalue weighted by molar-refractivity contribution is -0.120. The second-order valence-electron chi connectivity index (χ2n) is 4.92. The minimum absolute atomic E-state index is 0.0443. The zero-order chi connectivity index (χ0) is 13.0. The Kier molecular flexibility index (Phi) is 4.33. The van der Waals surface area contributed by atoms with Gasteiger partial charge >= 0.3 is 0 Å². The molecule has 1 aliphatic rings. The minimum Gasteiger partial charge on any atom is -0.392 e. The van der Waals surface area contributed by atoms with Gasteiger partial charge in [-0.15, -0.1) is 0 Å². The van der Waals surface area contributed by atoms with Crippen LogP contribution in [0.4, 0.5) is 5.69 Å². The predicted octanol–water partition coefficient (Wildman–Crippen LogP) is 1.63. The Morgan fingerprint density at radius 1 is 1.28 bits per heavy atom. The van der Waals surface area contributed by atoms with E-state index in [0.29, 0.717) is 5.69 Å². The van der Waals surface area contributed by atoms with Crippen molar-refractivity contribution in [3.63, 3.8) is 0 Å². The fraction of sp³-hybridized carbons (Fsp3) is 0.500. The normalized spacial score (nSPS) is 23.7. The molecule has 1 fully saturated rings. The predicted molar refractivity (Wildman–Crippen MR) is 70.9 cm³/mol. The summed E-state index contributed by atoms with van der Waals surface area (Å²) in [6, 6.07) is 7.58. The first-order valence-corrected chi connectivity index (χ1v) is 6.46. The van der Waals surface area contributed by atoms with Crippen molar-refractivity contribution in [2.45, 2.75) is 38.3 Å². The van der Waals surface area contributed by atoms with Crippen LogP contribution in [0, 0.1) is 5.92 Å². The lowest BCUT2D eigenvalue weighted by Crippen LogP contribution is -2.32. The van der Waals surface area contributed by atoms with Crippen molar-refractivity contribution < 1.29 is 9.90 Å². The summed E-state index contributed by atoms with van der Waals surface area (Å²) in [6.07, 6.45) is 3.54. The molecule has 1 aromatic rings. The fourth-order valence-electron chi connectivity index (χ4n) is 2.40. The van der Waals surface area contributed by atoms with Crippen molar-refractivity contribution in [2.75, 3.05) is 5.32 Å². The summed E-state index contributed by atoms with van der Waals surface area (Å²) in [6.45, 7) is -0.0635. The van der Waals surface area contributed by atoms with E-state index in [-0.39, 0.29) is 24.5 Å². The lowest BCUT2D eigenvalue weighted by Gasteiger charge is -2.25. The zero-order valence-corrected chi connectivity index (χ0v) is 10.4. The van der Waals surface area contributed by atoms with Gasteiger partial charge in [-0.3, -0.25) is 4.79 Å². The SMILES string of the molecule is NC1CCC(C(=O)Nc2ccccc2CO)CC1. The van der Waals surface area contributed by atoms with E-state index < -0.39 is 0 Å². The van der Waals surface area contributed by atoms with Gasteiger partial charge in [0.15, 0.2) is 0 Å². The number of benzene rings is 1. The molecule has 0 heterocycles. The molecular weight excluding hydrogens is 228 g/mol. The molecule has 2 rings (SSSR count). The molecule has 1 saturated carbocycles. The van der Waals surface area contributed by atoms with E-state index in [1.54, 1.807) is 0 Å². The third-order valence-corrected chi connectivity index (χ3v) is 3.59. The second-order valence-corrected chi connectivity index (χ2v) is 4.92. The number of amides is 1. The number of carbonyl (C=O) groups excluding carboxylic acids is 1. The number of hydrogen-bond acceptors (Lipinski definition) is 3. The Bertz CT molecular complexity index is 412. The van der Waals surface area contributed by atoms with Crippen LogP contribution in [0.3, 0.4) is 0 Å². The van der Waals surface area contributed by atoms with Gasteiger partial charge in [-0.25, -0.2) is 0 Å². The number of para-hydroxylation sites is 1. The minimum atomic E-state index is -0.0635. The van der Waals surface area contributed by atoms with Gasteiger partial charge in [0.1, 0.15) is 0 Å². The van der Waals surface area contributed by atoms with Gasteiger partial charge in [0.25, 0.3) is 0 Å². The highest BCUT2D eigenvalue weighted by Crippen LogP contribution is 2.25. The number of anilines is 1. The third-order valence-electron chi connectivity index (χ3n) is 3.59. The molecule has 0 aliphatic heterocycles. The number of nitrogens with two attached hydrogens (primary N) is 1. The van der Waals surface area contributed by atoms with Crippen LogP contribution in [-0.2, 0) is 11.4 Å². The summed E-state index contributed by atoms with van der Waals surface area (Å²) in [5.74, 6) is 0.0966. The first kappa shape index (κ1) is 13.1. The van der Waals surface area contributed by atoms with Crippen molar-refractivity contribution in [1.29, 1.82) is 0 Å². The maximum atomic E-state index is 12.1. The van der Waals surface area contributed by atoms with Gasteiger partial charge < -0.3 is 16.2 Å². The molecule has 4 nitrogen and oxygen atoms in total. The van der Waals surface area contributed by atoms with Crippen LogP contribution >= 0.6 is 0 Å². The van der Waals surface area contributed by atoms with Gasteiger partial charge in [-0.05, 0) is 31.7 Å². The maximum Gasteiger partial charge on any atom is 0.227 e. The summed E-state index contributed by atoms with van der Waals surface area (Å²) in [5, 5.41) is 12.1. The van der Waals surface area contributed by atoms with Crippen molar-refractivity contribution >= 4 is 11.6 Å². The molecule has 4 N–H and O–H groups in total. The molecular formula is C14H20N2O2. The number of nitrogens with one attached hydrogen (secondary N) is 1. The molecule has 1 aliphatic carbocycles. The van der Waals surface area contributed by atoms with Gasteiger partial charge in [0.2, 0.25) is 5.91 Å². The molecule has 1 amide bonds. The Balaban J connectivity index is 1.98. The van der Waals surface area contributed by atoms with E-state index in [4.69, 9.17) is 5.73 Å². The van der Waals surface area contributed by atoms with Gasteiger partial charge in [-0.2, -0.15) is 0 Å². The first-order valence-electron chi connectivity index (χ1n) is 6.46. The topological polar surface area (TPSA) is 75.4 Å². The molecule has 0 spiro atoms. The zero-order valence-electron chi connectivity index (χ0n) is 10.4. The van der Waals surface area contributed by atoms with Crippen molar-refractivity contribution in [1.82, 2.24) is 0 Å². The van der Waals surface area contributed by atoms with Gasteiger partial charge in [0, 0.05) is 23.2 Å². The van der Waals surface area contributed by atoms with Crippen molar-refractivity contribution in [3.8, 4) is 0 Å². The Hall–Kier alpha value is -1.39. The summed E-state index contributed by atoms with van der Waals surface area (Å²) < 4.78 is 0. The van der Waals surface area contributed by atoms with Crippen LogP contribution in [0.5, 0.6) is 0 Å². The van der Waals surface area contributed by atoms with Crippen molar-refractivity contribution in [2.24, 2.45) is 11.7 Å². The average molecular weight is 248 g/mol. The van der Waals surface area contributed by atoms with E-state index in [1.165, 1.54) is 0 Å². The number of hydrogen-bond donors (Lipinski definition) is 3. The highest BCUT2D eigenvalue weighted by Gasteiger charge is 2.24. The smallest absolute Gasteiger partial charge is 0.227 e. The van der Waals surface area contributed by atoms with E-state index in [1.807, 2.05) is 24.3 Å². The Morgan fingerprint density at radius 3 is 2.61 bits per heavy atom. The lowest BCUT2D eigenvalue weighted by atomic mass is 9.86. The molecule has 4 heteroatoms. The molecule has 0 atom stereocenters. The van der Waals surface area contributed by atoms with E-state index in [2.05, 4.69) is 5.32 Å². The first-order chi connectivity index (χ1) is 8.70. The molecule has 1 aromatic carbocycles. The molecule has 0 bridgehead atoms. The number of carbonyl (C=O) groups is 1. The number of aliphatic hydroxyl groups is 1. The average Bonchev–Trinajstić information content (AvgIpc) is 2.40. The molecule has 0 unspecified atom stereocenters. The van der Waals surface area contributed by atoms with E-state index >= 15 is 0 Å². The van der Waals surface area contributed by atoms with Crippen LogP contribution in [-0.4, -0.2) is 17.1 Å². The molecule has 0 aromatic heterocycles. The fourth-order valence-corrected chi connectivity index (χ4v) is 2.40. The molecule has 0 radical (unpaired) electrons. The highest BCUT2D eigenvalue weighted by molar-refractivity contribution is 5.93. The number of aliphatic hydroxyl groups excluding tert-OH is 1. The van der Waals surface area contributed by atoms with Crippen molar-refractivity contribution in [3.05, 3.63) is 29.8 Å². The standard InChI is InChI=1S/C14H20N2O2/c15-12-7-5-10(6-8-12)14(18)16-13-4-2-1-3-11(13)9-17/h1-4,10,12,17H,5-9,15H2,(H,16,18). The summed E-state index contributed by atoms with van der Waals surface area (Å²) in [4.78, 5) is 12.1. The largest absolute Gasteiger partial charge is 0.392 e. The van der Waals surface area contributed by atoms with Gasteiger partial charge in [-0.1, -0.05) is 18.2 Å². The summed E-state index contributed by atoms with van der Waals surface area (Å²) in [5.41, 5.74) is 7.29. The third kappa shape index (κ3) is 3.09. The second kappa shape index (κ2) is 5.98. The summed E-state index contributed by atoms with van der Waals surface area (Å²) >= 11 is 0. The molecule has 0 saturated heterocycles. The number of rotatable bonds is 3. The van der Waals surface area contributed by atoms with Crippen LogP contribution in [0.15, 0.2) is 24.3 Å². The van der Waals surface area contributed by atoms with Crippen LogP contribution in [0.1, 0.15) is 31.2 Å². The maximum absolute atomic E-state index is 12.1. The van der Waals surface area contributed by atoms with E-state index in [0.717, 1.165) is 31.2 Å². The molecule has 18 heavy (non-hydrogen) atoms. The highest BCUT2D eigenvalue weighted by atomic mass is 16.3. The summed E-state index contributed by atoms with van der Waals surface area (Å²) in [7, 11) is 0. The van der Waals surface area contributed by atoms with E-state index in [9.17, 15) is 9.90 Å². The Morgan fingerprint density at radius 2 is 1.94 bits per heavy atom.